The normalized spacial score (nSPS) is 32.3. The van der Waals surface area contributed by atoms with Crippen LogP contribution in [-0.2, 0) is 33.4 Å². The first-order chi connectivity index (χ1) is 12.0. The summed E-state index contributed by atoms with van der Waals surface area (Å²) in [6.07, 6.45) is -0.457. The molecule has 3 fully saturated rings. The Kier molecular flexibility index (Phi) is 4.11. The van der Waals surface area contributed by atoms with E-state index in [1.54, 1.807) is 0 Å². The van der Waals surface area contributed by atoms with Crippen LogP contribution >= 0.6 is 0 Å². The van der Waals surface area contributed by atoms with Gasteiger partial charge in [0.25, 0.3) is 0 Å². The molecule has 1 saturated heterocycles. The van der Waals surface area contributed by atoms with E-state index < -0.39 is 54.5 Å². The minimum Gasteiger partial charge on any atom is -0.477 e. The zero-order valence-corrected chi connectivity index (χ0v) is 12.8. The molecule has 0 radical (unpaired) electrons. The van der Waals surface area contributed by atoms with Gasteiger partial charge in [-0.15, -0.1) is 0 Å². The average Bonchev–Trinajstić information content (AvgIpc) is 3.17. The predicted molar refractivity (Wildman–Crippen MR) is 68.0 cm³/mol. The summed E-state index contributed by atoms with van der Waals surface area (Å²) >= 11 is 0. The van der Waals surface area contributed by atoms with E-state index >= 15 is 0 Å². The summed E-state index contributed by atoms with van der Waals surface area (Å²) in [5.41, 5.74) is 0. The number of rotatable bonds is 6. The number of carboxylic acids is 1. The summed E-state index contributed by atoms with van der Waals surface area (Å²) in [6, 6.07) is 0. The number of hydrogen-bond donors (Lipinski definition) is 1. The van der Waals surface area contributed by atoms with Crippen LogP contribution in [0, 0.1) is 17.8 Å². The van der Waals surface area contributed by atoms with Crippen LogP contribution in [0.5, 0.6) is 0 Å². The van der Waals surface area contributed by atoms with Gasteiger partial charge in [-0.3, -0.25) is 4.79 Å². The van der Waals surface area contributed by atoms with Crippen molar-refractivity contribution in [3.63, 3.8) is 0 Å². The summed E-state index contributed by atoms with van der Waals surface area (Å²) < 4.78 is 65.9. The number of ether oxygens (including phenoxy) is 3. The summed E-state index contributed by atoms with van der Waals surface area (Å²) in [4.78, 5) is 44.4. The molecule has 2 aliphatic carbocycles. The molecule has 8 nitrogen and oxygen atoms in total. The van der Waals surface area contributed by atoms with Crippen LogP contribution in [0.1, 0.15) is 12.8 Å². The Hall–Kier alpha value is -2.40. The second kappa shape index (κ2) is 5.81. The number of carbonyl (C=O) groups is 4. The molecule has 12 heteroatoms. The van der Waals surface area contributed by atoms with E-state index in [0.717, 1.165) is 0 Å². The molecule has 26 heavy (non-hydrogen) atoms. The van der Waals surface area contributed by atoms with Gasteiger partial charge in [0, 0.05) is 11.8 Å². The van der Waals surface area contributed by atoms with Crippen LogP contribution in [-0.4, -0.2) is 59.6 Å². The fourth-order valence-electron chi connectivity index (χ4n) is 3.73. The lowest BCUT2D eigenvalue weighted by atomic mass is 9.88. The first kappa shape index (κ1) is 18.4. The van der Waals surface area contributed by atoms with Gasteiger partial charge >= 0.3 is 35.7 Å². The molecule has 5 atom stereocenters. The van der Waals surface area contributed by atoms with Crippen LogP contribution < -0.4 is 0 Å². The van der Waals surface area contributed by atoms with Gasteiger partial charge in [0.2, 0.25) is 0 Å². The summed E-state index contributed by atoms with van der Waals surface area (Å²) in [6.45, 7) is -1.41. The molecule has 5 unspecified atom stereocenters. The van der Waals surface area contributed by atoms with E-state index in [0.29, 0.717) is 12.8 Å². The van der Waals surface area contributed by atoms with Crippen molar-refractivity contribution >= 4 is 23.9 Å². The molecule has 0 aromatic carbocycles. The maximum absolute atomic E-state index is 13.2. The van der Waals surface area contributed by atoms with Crippen molar-refractivity contribution in [1.82, 2.24) is 0 Å². The molecule has 1 N–H and O–H groups in total. The highest BCUT2D eigenvalue weighted by molar-refractivity contribution is 5.90. The molecule has 3 aliphatic rings. The Morgan fingerprint density at radius 3 is 2.42 bits per heavy atom. The molecular weight excluding hydrogens is 372 g/mol. The lowest BCUT2D eigenvalue weighted by Crippen LogP contribution is -2.53. The molecule has 1 aliphatic heterocycles. The highest BCUT2D eigenvalue weighted by atomic mass is 19.3. The highest BCUT2D eigenvalue weighted by Gasteiger charge is 2.69. The van der Waals surface area contributed by atoms with Gasteiger partial charge in [0.05, 0.1) is 5.92 Å². The van der Waals surface area contributed by atoms with Crippen molar-refractivity contribution in [2.45, 2.75) is 36.9 Å². The van der Waals surface area contributed by atoms with Gasteiger partial charge in [-0.2, -0.15) is 17.6 Å². The quantitative estimate of drug-likeness (QED) is 0.397. The van der Waals surface area contributed by atoms with Crippen molar-refractivity contribution in [3.05, 3.63) is 0 Å². The van der Waals surface area contributed by atoms with Gasteiger partial charge in [-0.05, 0) is 12.8 Å². The van der Waals surface area contributed by atoms with Crippen LogP contribution in [0.3, 0.4) is 0 Å². The third-order valence-corrected chi connectivity index (χ3v) is 4.92. The van der Waals surface area contributed by atoms with Crippen LogP contribution in [0.25, 0.3) is 0 Å². The number of carboxylic acid groups (broad SMARTS) is 1. The largest absolute Gasteiger partial charge is 0.477 e. The number of alkyl halides is 4. The average molecular weight is 384 g/mol. The Bertz CT molecular complexity index is 678. The smallest absolute Gasteiger partial charge is 0.415 e. The van der Waals surface area contributed by atoms with E-state index in [4.69, 9.17) is 14.6 Å². The van der Waals surface area contributed by atoms with E-state index in [1.807, 2.05) is 0 Å². The fraction of sp³-hybridized carbons (Fsp3) is 0.714. The molecular formula is C14H12F4O8. The number of aliphatic carboxylic acids is 1. The van der Waals surface area contributed by atoms with Gasteiger partial charge in [-0.1, -0.05) is 0 Å². The molecule has 0 aromatic heterocycles. The molecule has 2 saturated carbocycles. The maximum atomic E-state index is 13.2. The van der Waals surface area contributed by atoms with Crippen molar-refractivity contribution < 1.29 is 56.1 Å². The van der Waals surface area contributed by atoms with Gasteiger partial charge < -0.3 is 19.3 Å². The summed E-state index contributed by atoms with van der Waals surface area (Å²) in [7, 11) is 0. The molecule has 0 amide bonds. The van der Waals surface area contributed by atoms with E-state index in [2.05, 4.69) is 4.74 Å². The second-order valence-electron chi connectivity index (χ2n) is 6.39. The van der Waals surface area contributed by atoms with E-state index in [9.17, 15) is 36.7 Å². The molecule has 144 valence electrons. The number of halogens is 4. The molecule has 2 bridgehead atoms. The first-order valence-electron chi connectivity index (χ1n) is 7.53. The lowest BCUT2D eigenvalue weighted by molar-refractivity contribution is -0.235. The molecule has 3 rings (SSSR count). The zero-order chi connectivity index (χ0) is 19.4. The Morgan fingerprint density at radius 1 is 1.15 bits per heavy atom. The molecule has 0 aromatic rings. The van der Waals surface area contributed by atoms with Crippen molar-refractivity contribution in [1.29, 1.82) is 0 Å². The van der Waals surface area contributed by atoms with Gasteiger partial charge in [0.1, 0.15) is 12.2 Å². The Morgan fingerprint density at radius 2 is 1.81 bits per heavy atom. The maximum Gasteiger partial charge on any atom is 0.415 e. The summed E-state index contributed by atoms with van der Waals surface area (Å²) in [5.74, 6) is -19.7. The van der Waals surface area contributed by atoms with Crippen LogP contribution in [0.15, 0.2) is 0 Å². The number of hydrogen-bond acceptors (Lipinski definition) is 7. The minimum absolute atomic E-state index is 0.105. The Labute approximate surface area is 142 Å². The van der Waals surface area contributed by atoms with Crippen LogP contribution in [0.2, 0.25) is 0 Å². The van der Waals surface area contributed by atoms with Crippen molar-refractivity contribution in [2.75, 3.05) is 6.61 Å². The predicted octanol–water partition coefficient (Wildman–Crippen LogP) is 0.378. The monoisotopic (exact) mass is 384 g/mol. The van der Waals surface area contributed by atoms with Crippen molar-refractivity contribution in [2.24, 2.45) is 17.8 Å². The van der Waals surface area contributed by atoms with Crippen molar-refractivity contribution in [3.8, 4) is 0 Å². The minimum atomic E-state index is -5.70. The number of fused-ring (bicyclic) bond motifs is 1. The van der Waals surface area contributed by atoms with E-state index in [1.165, 1.54) is 0 Å². The summed E-state index contributed by atoms with van der Waals surface area (Å²) in [5, 5.41) is 8.06. The van der Waals surface area contributed by atoms with Gasteiger partial charge in [-0.25, -0.2) is 14.4 Å². The third kappa shape index (κ3) is 2.58. The first-order valence-corrected chi connectivity index (χ1v) is 7.53. The van der Waals surface area contributed by atoms with E-state index in [-0.39, 0.29) is 17.8 Å². The standard InChI is InChI=1S/C14H12F4O8/c15-13(16,11(21)22)14(17,18)12(23)24-3-7(19)25-8-4-1-5-6(2-4)10(20)26-9(5)8/h4-6,8-9H,1-3H2,(H,21,22). The molecule has 1 heterocycles. The highest BCUT2D eigenvalue weighted by Crippen LogP contribution is 2.55. The van der Waals surface area contributed by atoms with Gasteiger partial charge in [0.15, 0.2) is 6.61 Å². The third-order valence-electron chi connectivity index (χ3n) is 4.92. The SMILES string of the molecule is O=C(COC(=O)C(F)(F)C(F)(F)C(=O)O)OC1C2CC3C(=O)OC1C3C2. The topological polar surface area (TPSA) is 116 Å². The Balaban J connectivity index is 1.54. The molecule has 0 spiro atoms. The zero-order valence-electron chi connectivity index (χ0n) is 12.8. The number of carbonyl (C=O) groups excluding carboxylic acids is 3. The fourth-order valence-corrected chi connectivity index (χ4v) is 3.73. The second-order valence-corrected chi connectivity index (χ2v) is 6.39. The lowest BCUT2D eigenvalue weighted by Gasteiger charge is -2.25. The number of esters is 3. The van der Waals surface area contributed by atoms with Crippen LogP contribution in [0.4, 0.5) is 17.6 Å².